The third kappa shape index (κ3) is 8.68. The number of rotatable bonds is 9. The fraction of sp³-hybridized carbons (Fsp3) is 0.467. The molecule has 0 unspecified atom stereocenters. The van der Waals surface area contributed by atoms with Crippen LogP contribution in [0.3, 0.4) is 0 Å². The summed E-state index contributed by atoms with van der Waals surface area (Å²) >= 11 is 0. The number of esters is 3. The smallest absolute Gasteiger partial charge is 0.333 e. The molecule has 122 valence electrons. The molecule has 0 aromatic rings. The molecular weight excluding hydrogens is 292 g/mol. The molecule has 0 atom stereocenters. The van der Waals surface area contributed by atoms with Crippen LogP contribution in [0.25, 0.3) is 0 Å². The zero-order valence-electron chi connectivity index (χ0n) is 13.0. The lowest BCUT2D eigenvalue weighted by molar-refractivity contribution is -0.165. The average Bonchev–Trinajstić information content (AvgIpc) is 2.39. The molecule has 22 heavy (non-hydrogen) atoms. The molecule has 0 spiro atoms. The Morgan fingerprint density at radius 3 is 1.59 bits per heavy atom. The highest BCUT2D eigenvalue weighted by atomic mass is 16.6. The fourth-order valence-corrected chi connectivity index (χ4v) is 1.13. The normalized spacial score (nSPS) is 9.82. The van der Waals surface area contributed by atoms with Crippen LogP contribution in [0.4, 0.5) is 0 Å². The van der Waals surface area contributed by atoms with E-state index in [0.717, 1.165) is 0 Å². The Morgan fingerprint density at radius 1 is 0.864 bits per heavy atom. The number of ether oxygens (including phenoxy) is 3. The van der Waals surface area contributed by atoms with Crippen molar-refractivity contribution >= 4 is 23.7 Å². The van der Waals surface area contributed by atoms with Crippen molar-refractivity contribution in [3.63, 3.8) is 0 Å². The first-order chi connectivity index (χ1) is 10.1. The van der Waals surface area contributed by atoms with Crippen LogP contribution >= 0.6 is 0 Å². The van der Waals surface area contributed by atoms with Gasteiger partial charge in [0.1, 0.15) is 25.4 Å². The van der Waals surface area contributed by atoms with E-state index in [-0.39, 0.29) is 30.1 Å². The average molecular weight is 312 g/mol. The van der Waals surface area contributed by atoms with Gasteiger partial charge in [-0.3, -0.25) is 9.59 Å². The number of ketones is 1. The van der Waals surface area contributed by atoms with E-state index in [1.54, 1.807) is 0 Å². The van der Waals surface area contributed by atoms with Crippen LogP contribution in [0.2, 0.25) is 0 Å². The zero-order valence-corrected chi connectivity index (χ0v) is 13.0. The number of hydrogen-bond donors (Lipinski definition) is 0. The van der Waals surface area contributed by atoms with Gasteiger partial charge < -0.3 is 14.2 Å². The van der Waals surface area contributed by atoms with Crippen LogP contribution in [0.1, 0.15) is 27.2 Å². The molecular formula is C15H20O7. The Bertz CT molecular complexity index is 460. The highest BCUT2D eigenvalue weighted by Crippen LogP contribution is 2.03. The van der Waals surface area contributed by atoms with Gasteiger partial charge in [-0.1, -0.05) is 13.2 Å². The van der Waals surface area contributed by atoms with E-state index >= 15 is 0 Å². The van der Waals surface area contributed by atoms with Gasteiger partial charge in [-0.05, 0) is 20.8 Å². The maximum Gasteiger partial charge on any atom is 0.333 e. The molecule has 0 aromatic carbocycles. The molecule has 0 bridgehead atoms. The maximum atomic E-state index is 11.5. The second-order valence-corrected chi connectivity index (χ2v) is 4.75. The Morgan fingerprint density at radius 2 is 1.27 bits per heavy atom. The van der Waals surface area contributed by atoms with Crippen LogP contribution in [0.5, 0.6) is 0 Å². The van der Waals surface area contributed by atoms with Gasteiger partial charge in [0, 0.05) is 11.1 Å². The summed E-state index contributed by atoms with van der Waals surface area (Å²) in [4.78, 5) is 45.0. The Balaban J connectivity index is 4.61. The number of carbonyl (C=O) groups is 4. The van der Waals surface area contributed by atoms with Gasteiger partial charge in [-0.25, -0.2) is 9.59 Å². The van der Waals surface area contributed by atoms with Crippen molar-refractivity contribution in [2.45, 2.75) is 33.3 Å². The summed E-state index contributed by atoms with van der Waals surface area (Å²) in [6.07, 6.45) is -1.43. The lowest BCUT2D eigenvalue weighted by atomic mass is 10.3. The molecule has 0 aliphatic rings. The van der Waals surface area contributed by atoms with E-state index in [4.69, 9.17) is 14.2 Å². The van der Waals surface area contributed by atoms with Crippen molar-refractivity contribution in [1.29, 1.82) is 0 Å². The van der Waals surface area contributed by atoms with E-state index in [0.29, 0.717) is 0 Å². The Labute approximate surface area is 128 Å². The number of Topliss-reactive ketones (excluding diaryl/α,β-unsaturated/α-hetero) is 1. The van der Waals surface area contributed by atoms with Gasteiger partial charge in [-0.2, -0.15) is 0 Å². The van der Waals surface area contributed by atoms with Gasteiger partial charge in [0.05, 0.1) is 0 Å². The molecule has 0 aliphatic carbocycles. The van der Waals surface area contributed by atoms with Crippen LogP contribution in [-0.4, -0.2) is 43.0 Å². The molecule has 0 aliphatic heterocycles. The van der Waals surface area contributed by atoms with E-state index in [1.807, 2.05) is 0 Å². The predicted octanol–water partition coefficient (Wildman–Crippen LogP) is 1.12. The molecule has 7 heteroatoms. The molecule has 0 rings (SSSR count). The molecule has 7 nitrogen and oxygen atoms in total. The first-order valence-corrected chi connectivity index (χ1v) is 6.47. The van der Waals surface area contributed by atoms with Gasteiger partial charge >= 0.3 is 17.9 Å². The van der Waals surface area contributed by atoms with Crippen molar-refractivity contribution in [2.75, 3.05) is 13.2 Å². The number of carbonyl (C=O) groups excluding carboxylic acids is 4. The molecule has 0 saturated carbocycles. The fourth-order valence-electron chi connectivity index (χ4n) is 1.13. The SMILES string of the molecule is C=C(C)C(=O)OCC(COC(=O)C(=C)C)OC(=O)CC(C)=O. The minimum Gasteiger partial charge on any atom is -0.458 e. The molecule has 0 amide bonds. The van der Waals surface area contributed by atoms with E-state index in [1.165, 1.54) is 20.8 Å². The monoisotopic (exact) mass is 312 g/mol. The second-order valence-electron chi connectivity index (χ2n) is 4.75. The molecule has 0 aromatic heterocycles. The molecule has 0 radical (unpaired) electrons. The molecule has 0 fully saturated rings. The van der Waals surface area contributed by atoms with E-state index < -0.39 is 30.4 Å². The van der Waals surface area contributed by atoms with Crippen molar-refractivity contribution in [3.8, 4) is 0 Å². The third-order valence-corrected chi connectivity index (χ3v) is 2.19. The summed E-state index contributed by atoms with van der Waals surface area (Å²) < 4.78 is 14.6. The topological polar surface area (TPSA) is 96.0 Å². The predicted molar refractivity (Wildman–Crippen MR) is 76.7 cm³/mol. The summed E-state index contributed by atoms with van der Waals surface area (Å²) in [5.41, 5.74) is 0.348. The van der Waals surface area contributed by atoms with Crippen molar-refractivity contribution in [2.24, 2.45) is 0 Å². The molecule has 0 heterocycles. The van der Waals surface area contributed by atoms with Gasteiger partial charge in [0.25, 0.3) is 0 Å². The highest BCUT2D eigenvalue weighted by Gasteiger charge is 2.20. The summed E-state index contributed by atoms with van der Waals surface area (Å²) in [5.74, 6) is -2.51. The lowest BCUT2D eigenvalue weighted by Gasteiger charge is -2.18. The van der Waals surface area contributed by atoms with Gasteiger partial charge in [0.15, 0.2) is 6.10 Å². The van der Waals surface area contributed by atoms with E-state index in [9.17, 15) is 19.2 Å². The van der Waals surface area contributed by atoms with Crippen LogP contribution in [0.15, 0.2) is 24.3 Å². The van der Waals surface area contributed by atoms with E-state index in [2.05, 4.69) is 13.2 Å². The van der Waals surface area contributed by atoms with Crippen molar-refractivity contribution < 1.29 is 33.4 Å². The minimum atomic E-state index is -1.02. The summed E-state index contributed by atoms with van der Waals surface area (Å²) in [7, 11) is 0. The maximum absolute atomic E-state index is 11.5. The Kier molecular flexibility index (Phi) is 8.44. The van der Waals surface area contributed by atoms with Crippen molar-refractivity contribution in [3.05, 3.63) is 24.3 Å². The third-order valence-electron chi connectivity index (χ3n) is 2.19. The first kappa shape index (κ1) is 19.6. The standard InChI is InChI=1S/C15H20O7/c1-9(2)14(18)20-7-12(8-21-15(19)10(3)4)22-13(17)6-11(5)16/h12H,1,3,6-8H2,2,4-5H3. The minimum absolute atomic E-state index is 0.174. The summed E-state index contributed by atoms with van der Waals surface area (Å²) in [6, 6.07) is 0. The Hall–Kier alpha value is -2.44. The van der Waals surface area contributed by atoms with Crippen LogP contribution < -0.4 is 0 Å². The quantitative estimate of drug-likeness (QED) is 0.272. The van der Waals surface area contributed by atoms with Crippen LogP contribution in [-0.2, 0) is 33.4 Å². The highest BCUT2D eigenvalue weighted by molar-refractivity contribution is 5.94. The largest absolute Gasteiger partial charge is 0.458 e. The molecule has 0 N–H and O–H groups in total. The lowest BCUT2D eigenvalue weighted by Crippen LogP contribution is -2.31. The van der Waals surface area contributed by atoms with Crippen LogP contribution in [0, 0.1) is 0 Å². The number of hydrogen-bond acceptors (Lipinski definition) is 7. The molecule has 0 saturated heterocycles. The second kappa shape index (κ2) is 9.49. The first-order valence-electron chi connectivity index (χ1n) is 6.47. The zero-order chi connectivity index (χ0) is 17.3. The van der Waals surface area contributed by atoms with Gasteiger partial charge in [-0.15, -0.1) is 0 Å². The van der Waals surface area contributed by atoms with Crippen molar-refractivity contribution in [1.82, 2.24) is 0 Å². The summed E-state index contributed by atoms with van der Waals surface area (Å²) in [5, 5.41) is 0. The van der Waals surface area contributed by atoms with Gasteiger partial charge in [0.2, 0.25) is 0 Å². The summed E-state index contributed by atoms with van der Waals surface area (Å²) in [6.45, 7) is 10.3.